The van der Waals surface area contributed by atoms with E-state index >= 15 is 0 Å². The van der Waals surface area contributed by atoms with Crippen LogP contribution in [0.3, 0.4) is 0 Å². The number of hydrogen-bond donors (Lipinski definition) is 2. The lowest BCUT2D eigenvalue weighted by molar-refractivity contribution is 0.755. The van der Waals surface area contributed by atoms with Crippen LogP contribution in [0.25, 0.3) is 0 Å². The summed E-state index contributed by atoms with van der Waals surface area (Å²) in [5.74, 6) is 1.23. The molecule has 0 saturated carbocycles. The van der Waals surface area contributed by atoms with Gasteiger partial charge in [-0.15, -0.1) is 5.10 Å². The van der Waals surface area contributed by atoms with Gasteiger partial charge in [0.15, 0.2) is 5.82 Å². The first-order valence-electron chi connectivity index (χ1n) is 6.47. The lowest BCUT2D eigenvalue weighted by atomic mass is 10.2. The summed E-state index contributed by atoms with van der Waals surface area (Å²) in [6.07, 6.45) is 2.66. The minimum absolute atomic E-state index is 0.365. The third-order valence-electron chi connectivity index (χ3n) is 2.87. The molecule has 0 aliphatic carbocycles. The maximum absolute atomic E-state index is 4.38. The number of rotatable bonds is 5. The fourth-order valence-electron chi connectivity index (χ4n) is 1.55. The minimum atomic E-state index is 0.365. The van der Waals surface area contributed by atoms with E-state index in [4.69, 9.17) is 0 Å². The predicted octanol–water partition coefficient (Wildman–Crippen LogP) is 3.13. The van der Waals surface area contributed by atoms with Crippen molar-refractivity contribution in [1.82, 2.24) is 15.2 Å². The van der Waals surface area contributed by atoms with Crippen LogP contribution in [0.5, 0.6) is 0 Å². The zero-order valence-electron chi connectivity index (χ0n) is 11.5. The molecule has 0 amide bonds. The highest BCUT2D eigenvalue weighted by Crippen LogP contribution is 2.14. The molecule has 0 radical (unpaired) electrons. The van der Waals surface area contributed by atoms with E-state index in [-0.39, 0.29) is 0 Å². The van der Waals surface area contributed by atoms with Crippen LogP contribution in [0.1, 0.15) is 25.8 Å². The molecule has 0 aliphatic rings. The lowest BCUT2D eigenvalue weighted by Crippen LogP contribution is -2.15. The Kier molecular flexibility index (Phi) is 4.28. The van der Waals surface area contributed by atoms with Crippen molar-refractivity contribution < 1.29 is 0 Å². The molecule has 19 heavy (non-hydrogen) atoms. The molecule has 1 aromatic carbocycles. The predicted molar refractivity (Wildman–Crippen MR) is 77.7 cm³/mol. The normalized spacial score (nSPS) is 11.9. The zero-order valence-corrected chi connectivity index (χ0v) is 11.5. The van der Waals surface area contributed by atoms with Crippen LogP contribution in [0.4, 0.5) is 17.5 Å². The molecular formula is C14H19N5. The number of aryl methyl sites for hydroxylation is 1. The van der Waals surface area contributed by atoms with Crippen molar-refractivity contribution in [2.45, 2.75) is 33.2 Å². The Hall–Kier alpha value is -2.17. The Morgan fingerprint density at radius 1 is 1.21 bits per heavy atom. The molecule has 0 saturated heterocycles. The molecule has 1 atom stereocenters. The van der Waals surface area contributed by atoms with Crippen molar-refractivity contribution in [2.75, 3.05) is 10.6 Å². The van der Waals surface area contributed by atoms with Crippen LogP contribution in [0.15, 0.2) is 30.5 Å². The van der Waals surface area contributed by atoms with Gasteiger partial charge in [-0.2, -0.15) is 10.1 Å². The van der Waals surface area contributed by atoms with Gasteiger partial charge in [0.25, 0.3) is 0 Å². The van der Waals surface area contributed by atoms with Crippen LogP contribution >= 0.6 is 0 Å². The van der Waals surface area contributed by atoms with Crippen molar-refractivity contribution in [3.8, 4) is 0 Å². The molecule has 1 aromatic heterocycles. The van der Waals surface area contributed by atoms with Crippen LogP contribution in [0.2, 0.25) is 0 Å². The Morgan fingerprint density at radius 2 is 1.95 bits per heavy atom. The van der Waals surface area contributed by atoms with Crippen molar-refractivity contribution in [3.63, 3.8) is 0 Å². The maximum atomic E-state index is 4.38. The van der Waals surface area contributed by atoms with Crippen molar-refractivity contribution in [3.05, 3.63) is 36.0 Å². The van der Waals surface area contributed by atoms with E-state index < -0.39 is 0 Å². The second-order valence-electron chi connectivity index (χ2n) is 4.61. The smallest absolute Gasteiger partial charge is 0.249 e. The first-order chi connectivity index (χ1) is 9.17. The molecule has 2 rings (SSSR count). The second-order valence-corrected chi connectivity index (χ2v) is 4.61. The molecule has 0 fully saturated rings. The Bertz CT molecular complexity index is 524. The monoisotopic (exact) mass is 257 g/mol. The molecule has 100 valence electrons. The number of nitrogens with one attached hydrogen (secondary N) is 2. The maximum Gasteiger partial charge on any atom is 0.249 e. The number of benzene rings is 1. The summed E-state index contributed by atoms with van der Waals surface area (Å²) in [5, 5.41) is 14.3. The summed E-state index contributed by atoms with van der Waals surface area (Å²) >= 11 is 0. The van der Waals surface area contributed by atoms with Gasteiger partial charge in [-0.25, -0.2) is 0 Å². The highest BCUT2D eigenvalue weighted by atomic mass is 15.3. The van der Waals surface area contributed by atoms with Gasteiger partial charge in [0.2, 0.25) is 5.95 Å². The average Bonchev–Trinajstić information content (AvgIpc) is 2.42. The largest absolute Gasteiger partial charge is 0.366 e. The van der Waals surface area contributed by atoms with Gasteiger partial charge in [-0.1, -0.05) is 24.6 Å². The molecule has 0 bridgehead atoms. The Morgan fingerprint density at radius 3 is 2.63 bits per heavy atom. The first-order valence-corrected chi connectivity index (χ1v) is 6.47. The van der Waals surface area contributed by atoms with Crippen LogP contribution in [0, 0.1) is 6.92 Å². The summed E-state index contributed by atoms with van der Waals surface area (Å²) in [5.41, 5.74) is 2.17. The first kappa shape index (κ1) is 13.3. The van der Waals surface area contributed by atoms with E-state index in [0.717, 1.165) is 17.9 Å². The van der Waals surface area contributed by atoms with Crippen molar-refractivity contribution in [1.29, 1.82) is 0 Å². The topological polar surface area (TPSA) is 62.7 Å². The van der Waals surface area contributed by atoms with Gasteiger partial charge >= 0.3 is 0 Å². The molecule has 2 aromatic rings. The molecular weight excluding hydrogens is 238 g/mol. The van der Waals surface area contributed by atoms with Gasteiger partial charge in [0.05, 0.1) is 6.20 Å². The average molecular weight is 257 g/mol. The van der Waals surface area contributed by atoms with E-state index in [1.54, 1.807) is 6.20 Å². The van der Waals surface area contributed by atoms with Gasteiger partial charge in [-0.3, -0.25) is 0 Å². The molecule has 2 N–H and O–H groups in total. The summed E-state index contributed by atoms with van der Waals surface area (Å²) in [6, 6.07) is 8.43. The van der Waals surface area contributed by atoms with E-state index in [9.17, 15) is 0 Å². The van der Waals surface area contributed by atoms with Gasteiger partial charge in [0.1, 0.15) is 0 Å². The van der Waals surface area contributed by atoms with Crippen LogP contribution in [-0.2, 0) is 0 Å². The summed E-state index contributed by atoms with van der Waals surface area (Å²) in [4.78, 5) is 4.38. The quantitative estimate of drug-likeness (QED) is 0.861. The third kappa shape index (κ3) is 3.91. The fourth-order valence-corrected chi connectivity index (χ4v) is 1.55. The third-order valence-corrected chi connectivity index (χ3v) is 2.87. The number of hydrogen-bond acceptors (Lipinski definition) is 5. The highest BCUT2D eigenvalue weighted by molar-refractivity contribution is 5.54. The molecule has 1 heterocycles. The standard InChI is InChI=1S/C14H19N5/c1-4-11(3)16-13-9-15-19-14(18-13)17-12-7-5-10(2)6-8-12/h5-9,11H,4H2,1-3H3,(H2,16,17,18,19). The lowest BCUT2D eigenvalue weighted by Gasteiger charge is -2.12. The van der Waals surface area contributed by atoms with Crippen LogP contribution < -0.4 is 10.6 Å². The Labute approximate surface area is 113 Å². The number of anilines is 3. The number of aromatic nitrogens is 3. The number of nitrogens with zero attached hydrogens (tertiary/aromatic N) is 3. The van der Waals surface area contributed by atoms with E-state index in [2.05, 4.69) is 46.6 Å². The zero-order chi connectivity index (χ0) is 13.7. The summed E-state index contributed by atoms with van der Waals surface area (Å²) < 4.78 is 0. The molecule has 1 unspecified atom stereocenters. The van der Waals surface area contributed by atoms with Crippen LogP contribution in [-0.4, -0.2) is 21.2 Å². The fraction of sp³-hybridized carbons (Fsp3) is 0.357. The minimum Gasteiger partial charge on any atom is -0.366 e. The van der Waals surface area contributed by atoms with E-state index in [1.807, 2.05) is 24.3 Å². The SMILES string of the molecule is CCC(C)Nc1cnnc(Nc2ccc(C)cc2)n1. The molecule has 5 nitrogen and oxygen atoms in total. The van der Waals surface area contributed by atoms with Gasteiger partial charge in [0, 0.05) is 11.7 Å². The van der Waals surface area contributed by atoms with Crippen molar-refractivity contribution >= 4 is 17.5 Å². The molecule has 5 heteroatoms. The molecule has 0 spiro atoms. The Balaban J connectivity index is 2.08. The molecule has 0 aliphatic heterocycles. The van der Waals surface area contributed by atoms with E-state index in [1.165, 1.54) is 5.56 Å². The van der Waals surface area contributed by atoms with Gasteiger partial charge < -0.3 is 10.6 Å². The van der Waals surface area contributed by atoms with E-state index in [0.29, 0.717) is 12.0 Å². The summed E-state index contributed by atoms with van der Waals surface area (Å²) in [7, 11) is 0. The second kappa shape index (κ2) is 6.13. The summed E-state index contributed by atoms with van der Waals surface area (Å²) in [6.45, 7) is 6.28. The van der Waals surface area contributed by atoms with Gasteiger partial charge in [-0.05, 0) is 32.4 Å². The van der Waals surface area contributed by atoms with Crippen molar-refractivity contribution in [2.24, 2.45) is 0 Å². The highest BCUT2D eigenvalue weighted by Gasteiger charge is 2.03.